The molecule has 0 radical (unpaired) electrons. The van der Waals surface area contributed by atoms with Crippen molar-refractivity contribution in [3.63, 3.8) is 0 Å². The molecule has 10 nitrogen and oxygen atoms in total. The first-order chi connectivity index (χ1) is 50.3. The lowest BCUT2D eigenvalue weighted by atomic mass is 10.1. The first-order valence-corrected chi connectivity index (χ1v) is 36.0. The third-order valence-electron chi connectivity index (χ3n) is 14.1. The highest BCUT2D eigenvalue weighted by atomic mass is 31.1. The molecule has 0 fully saturated rings. The maximum Gasteiger partial charge on any atom is 0.168 e. The normalized spacial score (nSPS) is 9.58. The topological polar surface area (TPSA) is 143 Å². The van der Waals surface area contributed by atoms with Crippen molar-refractivity contribution in [1.82, 2.24) is 29.9 Å². The van der Waals surface area contributed by atoms with Crippen LogP contribution >= 0.6 is 23.8 Å². The van der Waals surface area contributed by atoms with Crippen LogP contribution in [0.1, 0.15) is 56.8 Å². The second-order valence-corrected chi connectivity index (χ2v) is 27.6. The molecule has 13 heteroatoms. The number of terminal acetylenes is 6. The molecule has 6 heterocycles. The molecular weight excluding hydrogens is 1300 g/mol. The molecule has 0 amide bonds. The molecule has 0 aliphatic carbocycles. The Labute approximate surface area is 603 Å². The number of hydrogen-bond donors (Lipinski definition) is 0. The quantitative estimate of drug-likeness (QED) is 0.0248. The Morgan fingerprint density at radius 2 is 0.725 bits per heavy atom. The van der Waals surface area contributed by atoms with E-state index in [4.69, 9.17) is 44.1 Å². The van der Waals surface area contributed by atoms with E-state index in [9.17, 15) is 4.79 Å². The van der Waals surface area contributed by atoms with Crippen molar-refractivity contribution in [3.8, 4) is 74.1 Å². The minimum absolute atomic E-state index is 0.463. The molecule has 7 aromatic carbocycles. The highest BCUT2D eigenvalue weighted by Crippen LogP contribution is 2.34. The molecule has 0 aliphatic rings. The Hall–Kier alpha value is -12.9. The number of hydrogen-bond acceptors (Lipinski definition) is 8. The zero-order chi connectivity index (χ0) is 71.9. The van der Waals surface area contributed by atoms with Crippen molar-refractivity contribution < 1.29 is 4.79 Å². The summed E-state index contributed by atoms with van der Waals surface area (Å²) < 4.78 is 0. The van der Waals surface area contributed by atoms with Crippen molar-refractivity contribution in [2.24, 2.45) is 5.11 Å². The predicted molar refractivity (Wildman–Crippen MR) is 428 cm³/mol. The number of benzene rings is 7. The van der Waals surface area contributed by atoms with Crippen molar-refractivity contribution >= 4 is 83.7 Å². The summed E-state index contributed by atoms with van der Waals surface area (Å²) in [4.78, 5) is 37.4. The largest absolute Gasteiger partial charge is 0.296 e. The number of azide groups is 1. The zero-order valence-electron chi connectivity index (χ0n) is 55.9. The van der Waals surface area contributed by atoms with Crippen molar-refractivity contribution in [2.45, 2.75) is 25.7 Å². The standard InChI is InChI=1S/C21H18NP.C20H15P.C19H14NP.C10H9NO.2C7H5N.C5H4N4/c1-2-3-10-18-15-16-22-21(17-18)23(19-11-6-4-7-12-19)20-13-8-5-9-14-20;1-2-17-13-15-20(16-14-17)21(18-9-5-3-6-10-18)19-11-7-4-8-12-19;1-2-16-13-14-20-19(15-16)21(17-9-5-3-6-10-17)18-11-7-4-8-12-18;1-2-3-4-9-5-6-11-10(7-9)8-12;1-2-7-3-5-8-6-4-7;1-2-7-5-3-4-6-8-7;6-9-8-5-1-3-7-4-2-5/h1,4-9,11-17H,3,10H2;1,3-16H;1,3-15H;1,5-8H,3-4H2;2*1,3-6H;1-4H. The van der Waals surface area contributed by atoms with Crippen LogP contribution in [0.5, 0.6) is 0 Å². The van der Waals surface area contributed by atoms with Gasteiger partial charge in [-0.05, 0) is 159 Å². The van der Waals surface area contributed by atoms with Gasteiger partial charge in [-0.15, -0.1) is 50.4 Å². The molecule has 0 unspecified atom stereocenters. The van der Waals surface area contributed by atoms with Crippen LogP contribution in [-0.4, -0.2) is 36.2 Å². The van der Waals surface area contributed by atoms with Crippen LogP contribution in [0.3, 0.4) is 0 Å². The summed E-state index contributed by atoms with van der Waals surface area (Å²) in [5.74, 6) is 15.5. The number of aromatic nitrogens is 6. The number of carbonyl (C=O) groups excluding carboxylic acids is 1. The summed E-state index contributed by atoms with van der Waals surface area (Å²) in [5.41, 5.74) is 16.9. The van der Waals surface area contributed by atoms with E-state index in [1.165, 1.54) is 42.7 Å². The lowest BCUT2D eigenvalue weighted by molar-refractivity contribution is 0.111. The van der Waals surface area contributed by atoms with Gasteiger partial charge in [-0.25, -0.2) is 4.98 Å². The predicted octanol–water partition coefficient (Wildman–Crippen LogP) is 15.3. The second-order valence-electron chi connectivity index (χ2n) is 21.0. The molecule has 0 saturated heterocycles. The van der Waals surface area contributed by atoms with Gasteiger partial charge in [0.15, 0.2) is 6.29 Å². The van der Waals surface area contributed by atoms with Crippen molar-refractivity contribution in [1.29, 1.82) is 0 Å². The van der Waals surface area contributed by atoms with E-state index in [-0.39, 0.29) is 0 Å². The van der Waals surface area contributed by atoms with Gasteiger partial charge in [0.2, 0.25) is 0 Å². The number of pyridine rings is 6. The van der Waals surface area contributed by atoms with Crippen LogP contribution in [0.2, 0.25) is 0 Å². The third-order valence-corrected chi connectivity index (χ3v) is 21.2. The molecule has 0 bridgehead atoms. The molecular formula is C89H70N9OP3. The summed E-state index contributed by atoms with van der Waals surface area (Å²) in [7, 11) is -1.85. The van der Waals surface area contributed by atoms with Gasteiger partial charge in [0.05, 0.1) is 10.9 Å². The molecule has 492 valence electrons. The van der Waals surface area contributed by atoms with Gasteiger partial charge in [0.25, 0.3) is 0 Å². The Balaban J connectivity index is 0.000000173. The second kappa shape index (κ2) is 45.6. The average Bonchev–Trinajstić information content (AvgIpc) is 0.827. The van der Waals surface area contributed by atoms with Crippen LogP contribution in [0.15, 0.2) is 340 Å². The van der Waals surface area contributed by atoms with E-state index >= 15 is 0 Å². The summed E-state index contributed by atoms with van der Waals surface area (Å²) in [5, 5.41) is 12.6. The van der Waals surface area contributed by atoms with Gasteiger partial charge >= 0.3 is 0 Å². The number of rotatable bonds is 15. The highest BCUT2D eigenvalue weighted by molar-refractivity contribution is 7.80. The van der Waals surface area contributed by atoms with Crippen molar-refractivity contribution in [3.05, 3.63) is 384 Å². The van der Waals surface area contributed by atoms with E-state index in [1.807, 2.05) is 60.8 Å². The van der Waals surface area contributed by atoms with E-state index < -0.39 is 23.8 Å². The monoisotopic (exact) mass is 1370 g/mol. The van der Waals surface area contributed by atoms with Crippen LogP contribution < -0.4 is 48.0 Å². The first kappa shape index (κ1) is 76.4. The third kappa shape index (κ3) is 26.5. The molecule has 0 saturated carbocycles. The van der Waals surface area contributed by atoms with Crippen LogP contribution in [-0.2, 0) is 12.8 Å². The summed E-state index contributed by atoms with van der Waals surface area (Å²) in [6.07, 6.45) is 49.0. The number of nitrogens with zero attached hydrogens (tertiary/aromatic N) is 9. The van der Waals surface area contributed by atoms with Gasteiger partial charge in [0.1, 0.15) is 11.4 Å². The Bertz CT molecular complexity index is 4740. The highest BCUT2D eigenvalue weighted by Gasteiger charge is 2.20. The lowest BCUT2D eigenvalue weighted by Gasteiger charge is -2.19. The van der Waals surface area contributed by atoms with E-state index in [2.05, 4.69) is 270 Å². The molecule has 0 atom stereocenters. The van der Waals surface area contributed by atoms with E-state index in [0.29, 0.717) is 23.5 Å². The molecule has 0 aliphatic heterocycles. The van der Waals surface area contributed by atoms with Gasteiger partial charge in [-0.1, -0.05) is 229 Å². The van der Waals surface area contributed by atoms with E-state index in [0.717, 1.165) is 58.7 Å². The van der Waals surface area contributed by atoms with Crippen LogP contribution in [0.4, 0.5) is 5.69 Å². The molecule has 13 rings (SSSR count). The van der Waals surface area contributed by atoms with Gasteiger partial charge in [-0.3, -0.25) is 29.7 Å². The average molecular weight is 1370 g/mol. The fourth-order valence-corrected chi connectivity index (χ4v) is 16.1. The van der Waals surface area contributed by atoms with Gasteiger partial charge in [0, 0.05) is 106 Å². The Morgan fingerprint density at radius 3 is 1.11 bits per heavy atom. The maximum absolute atomic E-state index is 10.3. The van der Waals surface area contributed by atoms with Crippen LogP contribution in [0, 0.1) is 74.1 Å². The summed E-state index contributed by atoms with van der Waals surface area (Å²) in [6.45, 7) is 0. The molecule has 0 spiro atoms. The van der Waals surface area contributed by atoms with Crippen molar-refractivity contribution in [2.75, 3.05) is 0 Å². The first-order valence-electron chi connectivity index (χ1n) is 31.9. The molecule has 0 N–H and O–H groups in total. The van der Waals surface area contributed by atoms with Crippen LogP contribution in [0.25, 0.3) is 10.4 Å². The van der Waals surface area contributed by atoms with E-state index in [1.54, 1.807) is 79.8 Å². The maximum atomic E-state index is 10.3. The Morgan fingerprint density at radius 1 is 0.353 bits per heavy atom. The minimum Gasteiger partial charge on any atom is -0.296 e. The molecule has 6 aromatic heterocycles. The number of aldehydes is 1. The van der Waals surface area contributed by atoms with Gasteiger partial charge < -0.3 is 0 Å². The number of carbonyl (C=O) groups is 1. The SMILES string of the molecule is C#CCCc1ccnc(C=O)c1.C#CCCc1ccnc(P(c2ccccc2)c2ccccc2)c1.C#Cc1ccc(P(c2ccccc2)c2ccccc2)cc1.C#Cc1ccccn1.C#Cc1ccnc(P(c2ccccc2)c2ccccc2)c1.C#Cc1ccncc1.[N-]=[N+]=Nc1ccncc1. The summed E-state index contributed by atoms with van der Waals surface area (Å²) in [6, 6.07) is 96.0. The zero-order valence-corrected chi connectivity index (χ0v) is 58.6. The van der Waals surface area contributed by atoms with Gasteiger partial charge in [-0.2, -0.15) is 0 Å². The fraction of sp³-hybridized carbons (Fsp3) is 0.0449. The number of aryl methyl sites for hydroxylation is 2. The fourth-order valence-electron chi connectivity index (χ4n) is 9.32. The smallest absolute Gasteiger partial charge is 0.168 e. The minimum atomic E-state index is -0.675. The summed E-state index contributed by atoms with van der Waals surface area (Å²) >= 11 is 0. The lowest BCUT2D eigenvalue weighted by Crippen LogP contribution is -2.23. The molecule has 102 heavy (non-hydrogen) atoms. The Kier molecular flexibility index (Phi) is 34.1. The molecule has 13 aromatic rings.